The van der Waals surface area contributed by atoms with Gasteiger partial charge in [0.2, 0.25) is 5.91 Å². The third-order valence-electron chi connectivity index (χ3n) is 4.45. The van der Waals surface area contributed by atoms with Crippen molar-refractivity contribution in [3.63, 3.8) is 0 Å². The Kier molecular flexibility index (Phi) is 6.43. The minimum atomic E-state index is -4.50. The van der Waals surface area contributed by atoms with Crippen LogP contribution in [0.5, 0.6) is 5.75 Å². The number of hydrogen-bond donors (Lipinski definition) is 1. The summed E-state index contributed by atoms with van der Waals surface area (Å²) < 4.78 is 49.9. The molecule has 0 aliphatic carbocycles. The molecule has 2 aromatic rings. The molecule has 0 radical (unpaired) electrons. The van der Waals surface area contributed by atoms with Gasteiger partial charge in [0.15, 0.2) is 0 Å². The fraction of sp³-hybridized carbons (Fsp3) is 0.286. The Hall–Kier alpha value is -3.00. The molecule has 0 spiro atoms. The van der Waals surface area contributed by atoms with Gasteiger partial charge in [-0.1, -0.05) is 12.1 Å². The van der Waals surface area contributed by atoms with E-state index in [1.807, 2.05) is 4.90 Å². The Morgan fingerprint density at radius 3 is 2.62 bits per heavy atom. The number of benzene rings is 2. The number of rotatable bonds is 5. The number of amides is 1. The fourth-order valence-corrected chi connectivity index (χ4v) is 2.98. The molecule has 8 heteroatoms. The van der Waals surface area contributed by atoms with Crippen LogP contribution in [0.1, 0.15) is 11.1 Å². The molecule has 29 heavy (non-hydrogen) atoms. The van der Waals surface area contributed by atoms with E-state index in [9.17, 15) is 18.0 Å². The molecule has 1 saturated heterocycles. The van der Waals surface area contributed by atoms with Crippen LogP contribution in [-0.2, 0) is 15.7 Å². The monoisotopic (exact) mass is 406 g/mol. The summed E-state index contributed by atoms with van der Waals surface area (Å²) in [5.41, 5.74) is 0.560. The molecule has 0 unspecified atom stereocenters. The zero-order valence-corrected chi connectivity index (χ0v) is 15.8. The summed E-state index contributed by atoms with van der Waals surface area (Å²) in [6.07, 6.45) is -1.66. The summed E-state index contributed by atoms with van der Waals surface area (Å²) in [4.78, 5) is 14.3. The van der Waals surface area contributed by atoms with Crippen molar-refractivity contribution < 1.29 is 27.4 Å². The van der Waals surface area contributed by atoms with Gasteiger partial charge in [0.1, 0.15) is 5.75 Å². The van der Waals surface area contributed by atoms with E-state index >= 15 is 0 Å². The van der Waals surface area contributed by atoms with Gasteiger partial charge in [0, 0.05) is 19.2 Å². The summed E-state index contributed by atoms with van der Waals surface area (Å²) in [6.45, 7) is 2.02. The zero-order valence-electron chi connectivity index (χ0n) is 15.8. The molecule has 154 valence electrons. The van der Waals surface area contributed by atoms with Crippen molar-refractivity contribution in [3.05, 3.63) is 59.7 Å². The van der Waals surface area contributed by atoms with E-state index in [0.717, 1.165) is 17.7 Å². The van der Waals surface area contributed by atoms with Gasteiger partial charge in [-0.2, -0.15) is 13.2 Å². The number of hydrogen-bond acceptors (Lipinski definition) is 4. The molecule has 0 saturated carbocycles. The van der Waals surface area contributed by atoms with Crippen LogP contribution in [0.2, 0.25) is 0 Å². The number of halogens is 3. The molecular weight excluding hydrogens is 385 g/mol. The van der Waals surface area contributed by atoms with Crippen molar-refractivity contribution in [1.82, 2.24) is 0 Å². The molecule has 1 N–H and O–H groups in total. The van der Waals surface area contributed by atoms with Crippen LogP contribution in [0.3, 0.4) is 0 Å². The molecule has 1 amide bonds. The highest BCUT2D eigenvalue weighted by Crippen LogP contribution is 2.35. The highest BCUT2D eigenvalue weighted by molar-refractivity contribution is 6.04. The first-order valence-electron chi connectivity index (χ1n) is 9.04. The lowest BCUT2D eigenvalue weighted by molar-refractivity contribution is -0.137. The maximum absolute atomic E-state index is 13.1. The third-order valence-corrected chi connectivity index (χ3v) is 4.45. The molecule has 0 aromatic heterocycles. The van der Waals surface area contributed by atoms with Crippen LogP contribution in [0.4, 0.5) is 24.5 Å². The molecule has 1 fully saturated rings. The fourth-order valence-electron chi connectivity index (χ4n) is 2.98. The van der Waals surface area contributed by atoms with E-state index < -0.39 is 17.6 Å². The molecule has 1 aliphatic heterocycles. The maximum Gasteiger partial charge on any atom is 0.416 e. The van der Waals surface area contributed by atoms with Crippen LogP contribution in [0.15, 0.2) is 48.5 Å². The van der Waals surface area contributed by atoms with Crippen molar-refractivity contribution in [2.24, 2.45) is 0 Å². The first kappa shape index (κ1) is 20.7. The third kappa shape index (κ3) is 5.51. The number of methoxy groups -OCH3 is 1. The van der Waals surface area contributed by atoms with Gasteiger partial charge in [0.05, 0.1) is 37.3 Å². The number of nitrogens with zero attached hydrogens (tertiary/aromatic N) is 1. The molecule has 2 aromatic carbocycles. The SMILES string of the molecule is COc1cccc(/C=C/C(=O)Nc2cc(C(F)(F)F)ccc2N2CCOCC2)c1. The summed E-state index contributed by atoms with van der Waals surface area (Å²) in [6, 6.07) is 10.4. The van der Waals surface area contributed by atoms with E-state index in [1.165, 1.54) is 19.3 Å². The molecule has 5 nitrogen and oxygen atoms in total. The first-order chi connectivity index (χ1) is 13.9. The number of nitrogens with one attached hydrogen (secondary N) is 1. The molecule has 0 atom stereocenters. The van der Waals surface area contributed by atoms with Crippen LogP contribution in [0, 0.1) is 0 Å². The molecule has 1 heterocycles. The second kappa shape index (κ2) is 9.00. The van der Waals surface area contributed by atoms with E-state index in [4.69, 9.17) is 9.47 Å². The summed E-state index contributed by atoms with van der Waals surface area (Å²) in [5.74, 6) is 0.113. The predicted octanol–water partition coefficient (Wildman–Crippen LogP) is 4.20. The van der Waals surface area contributed by atoms with E-state index in [0.29, 0.717) is 37.7 Å². The summed E-state index contributed by atoms with van der Waals surface area (Å²) in [7, 11) is 1.54. The molecule has 3 rings (SSSR count). The number of carbonyl (C=O) groups is 1. The Bertz CT molecular complexity index is 891. The number of alkyl halides is 3. The first-order valence-corrected chi connectivity index (χ1v) is 9.04. The topological polar surface area (TPSA) is 50.8 Å². The van der Waals surface area contributed by atoms with Gasteiger partial charge in [-0.05, 0) is 42.0 Å². The van der Waals surface area contributed by atoms with Gasteiger partial charge < -0.3 is 19.7 Å². The van der Waals surface area contributed by atoms with Crippen molar-refractivity contribution >= 4 is 23.4 Å². The smallest absolute Gasteiger partial charge is 0.416 e. The van der Waals surface area contributed by atoms with E-state index in [-0.39, 0.29) is 5.69 Å². The average molecular weight is 406 g/mol. The lowest BCUT2D eigenvalue weighted by Crippen LogP contribution is -2.36. The number of anilines is 2. The van der Waals surface area contributed by atoms with Gasteiger partial charge >= 0.3 is 6.18 Å². The minimum Gasteiger partial charge on any atom is -0.497 e. The van der Waals surface area contributed by atoms with E-state index in [2.05, 4.69) is 5.32 Å². The quantitative estimate of drug-likeness (QED) is 0.756. The zero-order chi connectivity index (χ0) is 20.9. The molecule has 0 bridgehead atoms. The maximum atomic E-state index is 13.1. The Labute approximate surface area is 166 Å². The second-order valence-electron chi connectivity index (χ2n) is 6.43. The van der Waals surface area contributed by atoms with E-state index in [1.54, 1.807) is 30.3 Å². The Balaban J connectivity index is 1.82. The van der Waals surface area contributed by atoms with Gasteiger partial charge in [-0.3, -0.25) is 4.79 Å². The number of ether oxygens (including phenoxy) is 2. The average Bonchev–Trinajstić information content (AvgIpc) is 2.72. The number of carbonyl (C=O) groups excluding carboxylic acids is 1. The van der Waals surface area contributed by atoms with Gasteiger partial charge in [0.25, 0.3) is 0 Å². The lowest BCUT2D eigenvalue weighted by atomic mass is 10.1. The van der Waals surface area contributed by atoms with Gasteiger partial charge in [-0.15, -0.1) is 0 Å². The van der Waals surface area contributed by atoms with Crippen molar-refractivity contribution in [1.29, 1.82) is 0 Å². The minimum absolute atomic E-state index is 0.113. The van der Waals surface area contributed by atoms with Crippen LogP contribution >= 0.6 is 0 Å². The van der Waals surface area contributed by atoms with Crippen LogP contribution in [0.25, 0.3) is 6.08 Å². The predicted molar refractivity (Wildman–Crippen MR) is 105 cm³/mol. The molecule has 1 aliphatic rings. The highest BCUT2D eigenvalue weighted by Gasteiger charge is 2.31. The highest BCUT2D eigenvalue weighted by atomic mass is 19.4. The van der Waals surface area contributed by atoms with Crippen LogP contribution < -0.4 is 15.0 Å². The molecular formula is C21H21F3N2O3. The Morgan fingerprint density at radius 2 is 1.93 bits per heavy atom. The van der Waals surface area contributed by atoms with Gasteiger partial charge in [-0.25, -0.2) is 0 Å². The Morgan fingerprint density at radius 1 is 1.17 bits per heavy atom. The largest absolute Gasteiger partial charge is 0.497 e. The van der Waals surface area contributed by atoms with Crippen LogP contribution in [-0.4, -0.2) is 39.3 Å². The summed E-state index contributed by atoms with van der Waals surface area (Å²) in [5, 5.41) is 2.58. The second-order valence-corrected chi connectivity index (χ2v) is 6.43. The summed E-state index contributed by atoms with van der Waals surface area (Å²) >= 11 is 0. The normalized spacial score (nSPS) is 14.8. The lowest BCUT2D eigenvalue weighted by Gasteiger charge is -2.30. The van der Waals surface area contributed by atoms with Crippen molar-refractivity contribution in [3.8, 4) is 5.75 Å². The van der Waals surface area contributed by atoms with Crippen molar-refractivity contribution in [2.75, 3.05) is 43.6 Å². The standard InChI is InChI=1S/C21H21F3N2O3/c1-28-17-4-2-3-15(13-17)5-8-20(27)25-18-14-16(21(22,23)24)6-7-19(18)26-9-11-29-12-10-26/h2-8,13-14H,9-12H2,1H3,(H,25,27)/b8-5+. The van der Waals surface area contributed by atoms with Crippen molar-refractivity contribution in [2.45, 2.75) is 6.18 Å². The number of morpholine rings is 1.